The van der Waals surface area contributed by atoms with E-state index in [1.54, 1.807) is 18.2 Å². The van der Waals surface area contributed by atoms with Gasteiger partial charge in [-0.3, -0.25) is 9.71 Å². The van der Waals surface area contributed by atoms with Crippen molar-refractivity contribution < 1.29 is 8.42 Å². The predicted octanol–water partition coefficient (Wildman–Crippen LogP) is 0.995. The van der Waals surface area contributed by atoms with E-state index in [1.165, 1.54) is 0 Å². The fourth-order valence-corrected chi connectivity index (χ4v) is 3.93. The van der Waals surface area contributed by atoms with Crippen LogP contribution >= 0.6 is 0 Å². The first-order chi connectivity index (χ1) is 9.08. The number of hydrogen-bond acceptors (Lipinski definition) is 4. The van der Waals surface area contributed by atoms with E-state index in [0.29, 0.717) is 16.3 Å². The Morgan fingerprint density at radius 1 is 1.21 bits per heavy atom. The largest absolute Gasteiger partial charge is 0.326 e. The summed E-state index contributed by atoms with van der Waals surface area (Å²) in [5, 5.41) is 0. The van der Waals surface area contributed by atoms with Gasteiger partial charge >= 0.3 is 0 Å². The van der Waals surface area contributed by atoms with Crippen molar-refractivity contribution in [2.24, 2.45) is 10.7 Å². The van der Waals surface area contributed by atoms with Crippen LogP contribution in [0.5, 0.6) is 0 Å². The number of hydrogen-bond donors (Lipinski definition) is 2. The number of benzene rings is 1. The maximum Gasteiger partial charge on any atom is 0.263 e. The monoisotopic (exact) mass is 279 g/mol. The van der Waals surface area contributed by atoms with Gasteiger partial charge in [-0.05, 0) is 25.0 Å². The quantitative estimate of drug-likeness (QED) is 0.804. The van der Waals surface area contributed by atoms with Gasteiger partial charge in [-0.1, -0.05) is 25.0 Å². The summed E-state index contributed by atoms with van der Waals surface area (Å²) in [7, 11) is -3.44. The van der Waals surface area contributed by atoms with Crippen LogP contribution in [0, 0.1) is 0 Å². The molecular weight excluding hydrogens is 262 g/mol. The van der Waals surface area contributed by atoms with Gasteiger partial charge in [-0.15, -0.1) is 0 Å². The van der Waals surface area contributed by atoms with Gasteiger partial charge in [0.15, 0.2) is 0 Å². The van der Waals surface area contributed by atoms with Crippen molar-refractivity contribution in [1.82, 2.24) is 4.72 Å². The van der Waals surface area contributed by atoms with E-state index in [2.05, 4.69) is 9.71 Å². The highest BCUT2D eigenvalue weighted by Crippen LogP contribution is 2.25. The van der Waals surface area contributed by atoms with Crippen molar-refractivity contribution in [2.75, 3.05) is 0 Å². The maximum absolute atomic E-state index is 12.0. The molecule has 3 rings (SSSR count). The summed E-state index contributed by atoms with van der Waals surface area (Å²) in [5.74, 6) is 0.443. The molecule has 5 nitrogen and oxygen atoms in total. The fraction of sp³-hybridized carbons (Fsp3) is 0.462. The Labute approximate surface area is 113 Å². The van der Waals surface area contributed by atoms with E-state index in [9.17, 15) is 8.42 Å². The van der Waals surface area contributed by atoms with Gasteiger partial charge in [0.1, 0.15) is 5.84 Å². The number of sulfonamides is 1. The number of fused-ring (bicyclic) bond motifs is 1. The van der Waals surface area contributed by atoms with Gasteiger partial charge < -0.3 is 5.73 Å². The normalized spacial score (nSPS) is 30.9. The summed E-state index contributed by atoms with van der Waals surface area (Å²) < 4.78 is 26.5. The zero-order valence-electron chi connectivity index (χ0n) is 10.5. The van der Waals surface area contributed by atoms with Crippen LogP contribution in [0.15, 0.2) is 34.2 Å². The maximum atomic E-state index is 12.0. The van der Waals surface area contributed by atoms with E-state index in [1.807, 2.05) is 6.07 Å². The van der Waals surface area contributed by atoms with Crippen LogP contribution in [0.1, 0.15) is 31.2 Å². The first-order valence-electron chi connectivity index (χ1n) is 6.53. The zero-order chi connectivity index (χ0) is 13.5. The van der Waals surface area contributed by atoms with E-state index in [-0.39, 0.29) is 12.1 Å². The molecule has 0 amide bonds. The number of amidine groups is 1. The van der Waals surface area contributed by atoms with E-state index >= 15 is 0 Å². The first kappa shape index (κ1) is 12.6. The molecule has 2 aliphatic rings. The number of nitrogens with zero attached hydrogens (tertiary/aromatic N) is 1. The first-order valence-corrected chi connectivity index (χ1v) is 8.02. The van der Waals surface area contributed by atoms with E-state index < -0.39 is 10.0 Å². The Kier molecular flexibility index (Phi) is 3.06. The summed E-state index contributed by atoms with van der Waals surface area (Å²) >= 11 is 0. The van der Waals surface area contributed by atoms with Crippen molar-refractivity contribution in [3.05, 3.63) is 29.8 Å². The molecule has 1 heterocycles. The predicted molar refractivity (Wildman–Crippen MR) is 73.5 cm³/mol. The molecular formula is C13H17N3O2S. The molecule has 0 radical (unpaired) electrons. The molecule has 2 atom stereocenters. The smallest absolute Gasteiger partial charge is 0.263 e. The van der Waals surface area contributed by atoms with E-state index in [4.69, 9.17) is 5.73 Å². The average molecular weight is 279 g/mol. The molecule has 0 bridgehead atoms. The minimum atomic E-state index is -3.44. The van der Waals surface area contributed by atoms with Gasteiger partial charge in [0.05, 0.1) is 10.9 Å². The van der Waals surface area contributed by atoms with E-state index in [0.717, 1.165) is 25.7 Å². The Bertz CT molecular complexity index is 625. The third-order valence-corrected chi connectivity index (χ3v) is 5.14. The lowest BCUT2D eigenvalue weighted by molar-refractivity contribution is 0.386. The number of nitrogens with one attached hydrogen (secondary N) is 1. The Morgan fingerprint density at radius 2 is 1.95 bits per heavy atom. The van der Waals surface area contributed by atoms with Crippen LogP contribution in [0.3, 0.4) is 0 Å². The van der Waals surface area contributed by atoms with Crippen LogP contribution < -0.4 is 10.5 Å². The highest BCUT2D eigenvalue weighted by Gasteiger charge is 2.32. The van der Waals surface area contributed by atoms with Crippen LogP contribution in [-0.2, 0) is 10.0 Å². The molecule has 19 heavy (non-hydrogen) atoms. The van der Waals surface area contributed by atoms with Crippen LogP contribution in [0.2, 0.25) is 0 Å². The lowest BCUT2D eigenvalue weighted by atomic mass is 9.91. The third-order valence-electron chi connectivity index (χ3n) is 3.74. The van der Waals surface area contributed by atoms with Gasteiger partial charge in [0.2, 0.25) is 0 Å². The molecule has 0 saturated heterocycles. The highest BCUT2D eigenvalue weighted by atomic mass is 32.2. The Balaban J connectivity index is 1.99. The summed E-state index contributed by atoms with van der Waals surface area (Å²) in [6.45, 7) is 0. The van der Waals surface area contributed by atoms with Crippen molar-refractivity contribution in [2.45, 2.75) is 42.7 Å². The zero-order valence-corrected chi connectivity index (χ0v) is 11.4. The van der Waals surface area contributed by atoms with Gasteiger partial charge in [0, 0.05) is 11.6 Å². The summed E-state index contributed by atoms with van der Waals surface area (Å²) in [6.07, 6.45) is 4.11. The van der Waals surface area contributed by atoms with Crippen LogP contribution in [0.25, 0.3) is 0 Å². The second-order valence-corrected chi connectivity index (χ2v) is 6.75. The summed E-state index contributed by atoms with van der Waals surface area (Å²) in [5.41, 5.74) is 6.71. The molecule has 1 aromatic rings. The Hall–Kier alpha value is -1.40. The molecule has 6 heteroatoms. The topological polar surface area (TPSA) is 84.5 Å². The lowest BCUT2D eigenvalue weighted by Crippen LogP contribution is -2.38. The minimum Gasteiger partial charge on any atom is -0.326 e. The molecule has 1 aliphatic heterocycles. The lowest BCUT2D eigenvalue weighted by Gasteiger charge is -2.25. The molecule has 1 aliphatic carbocycles. The van der Waals surface area contributed by atoms with Gasteiger partial charge in [-0.2, -0.15) is 0 Å². The van der Waals surface area contributed by atoms with Crippen molar-refractivity contribution in [3.8, 4) is 0 Å². The molecule has 0 spiro atoms. The number of aliphatic imine (C=N–C) groups is 1. The van der Waals surface area contributed by atoms with Gasteiger partial charge in [-0.25, -0.2) is 8.42 Å². The van der Waals surface area contributed by atoms with Crippen molar-refractivity contribution in [3.63, 3.8) is 0 Å². The Morgan fingerprint density at radius 3 is 2.74 bits per heavy atom. The average Bonchev–Trinajstić information content (AvgIpc) is 2.65. The van der Waals surface area contributed by atoms with Crippen LogP contribution in [-0.4, -0.2) is 26.3 Å². The van der Waals surface area contributed by atoms with Crippen LogP contribution in [0.4, 0.5) is 0 Å². The fourth-order valence-electron chi connectivity index (χ4n) is 2.70. The SMILES string of the molecule is NC1CCCCC1N=C1NS(=O)(=O)c2ccccc21. The highest BCUT2D eigenvalue weighted by molar-refractivity contribution is 7.90. The minimum absolute atomic E-state index is 0.0117. The van der Waals surface area contributed by atoms with Crippen molar-refractivity contribution >= 4 is 15.9 Å². The summed E-state index contributed by atoms with van der Waals surface area (Å²) in [4.78, 5) is 4.86. The second-order valence-electron chi connectivity index (χ2n) is 5.10. The van der Waals surface area contributed by atoms with Gasteiger partial charge in [0.25, 0.3) is 10.0 Å². The third kappa shape index (κ3) is 2.26. The molecule has 1 aromatic carbocycles. The summed E-state index contributed by atoms with van der Waals surface area (Å²) in [6, 6.07) is 6.95. The molecule has 1 saturated carbocycles. The molecule has 102 valence electrons. The molecule has 3 N–H and O–H groups in total. The molecule has 1 fully saturated rings. The van der Waals surface area contributed by atoms with Crippen molar-refractivity contribution in [1.29, 1.82) is 0 Å². The molecule has 2 unspecified atom stereocenters. The molecule has 0 aromatic heterocycles. The second kappa shape index (κ2) is 4.61. The number of rotatable bonds is 1. The number of nitrogens with two attached hydrogens (primary N) is 1. The standard InChI is InChI=1S/C13H17N3O2S/c14-10-6-2-3-7-11(10)15-13-9-5-1-4-8-12(9)19(17,18)16-13/h1,4-5,8,10-11H,2-3,6-7,14H2,(H,15,16).